The van der Waals surface area contributed by atoms with Crippen LogP contribution in [-0.4, -0.2) is 31.8 Å². The minimum absolute atomic E-state index is 0.254. The van der Waals surface area contributed by atoms with E-state index in [1.54, 1.807) is 25.6 Å². The van der Waals surface area contributed by atoms with Gasteiger partial charge < -0.3 is 14.6 Å². The molecule has 3 heterocycles. The number of aryl methyl sites for hydroxylation is 2. The van der Waals surface area contributed by atoms with Crippen molar-refractivity contribution in [1.82, 2.24) is 24.7 Å². The molecule has 3 aromatic heterocycles. The Morgan fingerprint density at radius 2 is 1.87 bits per heavy atom. The van der Waals surface area contributed by atoms with E-state index in [0.29, 0.717) is 28.6 Å². The summed E-state index contributed by atoms with van der Waals surface area (Å²) in [5, 5.41) is 11.9. The normalized spacial score (nSPS) is 11.9. The Morgan fingerprint density at radius 3 is 2.55 bits per heavy atom. The second-order valence-electron chi connectivity index (χ2n) is 7.30. The minimum atomic E-state index is -0.255. The molecule has 0 saturated heterocycles. The number of ether oxygens (including phenoxy) is 1. The number of nitrogens with one attached hydrogen (secondary N) is 1. The third kappa shape index (κ3) is 4.23. The molecule has 8 heteroatoms. The maximum atomic E-state index is 14.1. The highest BCUT2D eigenvalue weighted by atomic mass is 19.1. The lowest BCUT2D eigenvalue weighted by atomic mass is 10.1. The first kappa shape index (κ1) is 20.5. The van der Waals surface area contributed by atoms with E-state index >= 15 is 0 Å². The summed E-state index contributed by atoms with van der Waals surface area (Å²) < 4.78 is 21.4. The smallest absolute Gasteiger partial charge is 0.238 e. The number of nitrogens with zero attached hydrogens (tertiary/aromatic N) is 5. The lowest BCUT2D eigenvalue weighted by Crippen LogP contribution is -2.11. The first-order chi connectivity index (χ1) is 15.0. The Labute approximate surface area is 180 Å². The maximum absolute atomic E-state index is 14.1. The molecular formula is C23H23FN6O. The minimum Gasteiger partial charge on any atom is -0.479 e. The maximum Gasteiger partial charge on any atom is 0.238 e. The van der Waals surface area contributed by atoms with Crippen LogP contribution in [0.25, 0.3) is 17.1 Å². The van der Waals surface area contributed by atoms with Gasteiger partial charge in [0.1, 0.15) is 17.2 Å². The zero-order valence-electron chi connectivity index (χ0n) is 17.8. The van der Waals surface area contributed by atoms with Crippen LogP contribution in [0, 0.1) is 19.7 Å². The van der Waals surface area contributed by atoms with E-state index in [0.717, 1.165) is 16.9 Å². The lowest BCUT2D eigenvalue weighted by Gasteiger charge is -2.17. The number of hydrogen-bond acceptors (Lipinski definition) is 6. The molecular weight excluding hydrogens is 395 g/mol. The Morgan fingerprint density at radius 1 is 1.06 bits per heavy atom. The third-order valence-electron chi connectivity index (χ3n) is 5.00. The molecule has 1 atom stereocenters. The zero-order valence-corrected chi connectivity index (χ0v) is 17.8. The van der Waals surface area contributed by atoms with Gasteiger partial charge in [0.05, 0.1) is 30.9 Å². The van der Waals surface area contributed by atoms with Gasteiger partial charge in [-0.25, -0.2) is 14.4 Å². The van der Waals surface area contributed by atoms with Gasteiger partial charge in [-0.15, -0.1) is 10.2 Å². The number of methoxy groups -OCH3 is 1. The molecule has 4 rings (SSSR count). The van der Waals surface area contributed by atoms with Gasteiger partial charge in [0.15, 0.2) is 5.82 Å². The van der Waals surface area contributed by atoms with Crippen molar-refractivity contribution in [3.05, 3.63) is 77.6 Å². The van der Waals surface area contributed by atoms with Crippen molar-refractivity contribution in [3.8, 4) is 23.0 Å². The van der Waals surface area contributed by atoms with Gasteiger partial charge in [0, 0.05) is 11.8 Å². The van der Waals surface area contributed by atoms with Crippen molar-refractivity contribution < 1.29 is 9.13 Å². The number of halogens is 1. The number of pyridine rings is 1. The Bertz CT molecular complexity index is 1220. The fraction of sp³-hybridized carbons (Fsp3) is 0.217. The summed E-state index contributed by atoms with van der Waals surface area (Å²) in [4.78, 5) is 8.84. The van der Waals surface area contributed by atoms with Gasteiger partial charge in [-0.05, 0) is 50.6 Å². The van der Waals surface area contributed by atoms with Crippen LogP contribution in [0.2, 0.25) is 0 Å². The molecule has 0 unspecified atom stereocenters. The van der Waals surface area contributed by atoms with Crippen molar-refractivity contribution in [3.63, 3.8) is 0 Å². The first-order valence-corrected chi connectivity index (χ1v) is 9.88. The van der Waals surface area contributed by atoms with E-state index in [-0.39, 0.29) is 11.9 Å². The quantitative estimate of drug-likeness (QED) is 0.491. The average molecular weight is 418 g/mol. The van der Waals surface area contributed by atoms with Gasteiger partial charge >= 0.3 is 0 Å². The van der Waals surface area contributed by atoms with Crippen LogP contribution < -0.4 is 10.1 Å². The van der Waals surface area contributed by atoms with E-state index in [2.05, 4.69) is 25.5 Å². The highest BCUT2D eigenvalue weighted by Crippen LogP contribution is 2.27. The first-order valence-electron chi connectivity index (χ1n) is 9.88. The molecule has 7 nitrogen and oxygen atoms in total. The van der Waals surface area contributed by atoms with Gasteiger partial charge in [-0.3, -0.25) is 0 Å². The van der Waals surface area contributed by atoms with E-state index in [1.807, 2.05) is 55.8 Å². The van der Waals surface area contributed by atoms with Gasteiger partial charge in [-0.2, -0.15) is 0 Å². The molecule has 0 aliphatic carbocycles. The fourth-order valence-corrected chi connectivity index (χ4v) is 3.34. The monoisotopic (exact) mass is 418 g/mol. The van der Waals surface area contributed by atoms with Gasteiger partial charge in [0.2, 0.25) is 5.88 Å². The SMILES string of the molecule is COc1nc(-c2cc(C)c(N[C@@H](C)c3ccccc3F)nn2)ccc1-n1cnc(C)c1. The fourth-order valence-electron chi connectivity index (χ4n) is 3.34. The molecule has 0 saturated carbocycles. The highest BCUT2D eigenvalue weighted by Gasteiger charge is 2.15. The molecule has 1 aromatic carbocycles. The highest BCUT2D eigenvalue weighted by molar-refractivity contribution is 5.61. The Kier molecular flexibility index (Phi) is 5.62. The lowest BCUT2D eigenvalue weighted by molar-refractivity contribution is 0.396. The summed E-state index contributed by atoms with van der Waals surface area (Å²) in [6.07, 6.45) is 3.62. The van der Waals surface area contributed by atoms with Crippen molar-refractivity contribution in [2.75, 3.05) is 12.4 Å². The number of anilines is 1. The molecule has 0 aliphatic rings. The van der Waals surface area contributed by atoms with E-state index < -0.39 is 0 Å². The van der Waals surface area contributed by atoms with Crippen LogP contribution >= 0.6 is 0 Å². The van der Waals surface area contributed by atoms with E-state index in [9.17, 15) is 4.39 Å². The molecule has 4 aromatic rings. The van der Waals surface area contributed by atoms with Crippen LogP contribution in [-0.2, 0) is 0 Å². The number of aromatic nitrogens is 5. The second kappa shape index (κ2) is 8.51. The number of benzene rings is 1. The van der Waals surface area contributed by atoms with Gasteiger partial charge in [0.25, 0.3) is 0 Å². The van der Waals surface area contributed by atoms with Crippen LogP contribution in [0.3, 0.4) is 0 Å². The molecule has 0 fully saturated rings. The van der Waals surface area contributed by atoms with Crippen molar-refractivity contribution >= 4 is 5.82 Å². The number of hydrogen-bond donors (Lipinski definition) is 1. The van der Waals surface area contributed by atoms with Crippen molar-refractivity contribution in [2.24, 2.45) is 0 Å². The molecule has 31 heavy (non-hydrogen) atoms. The Hall–Kier alpha value is -3.81. The van der Waals surface area contributed by atoms with Crippen molar-refractivity contribution in [1.29, 1.82) is 0 Å². The third-order valence-corrected chi connectivity index (χ3v) is 5.00. The predicted octanol–water partition coefficient (Wildman–Crippen LogP) is 4.66. The molecule has 0 radical (unpaired) electrons. The molecule has 1 N–H and O–H groups in total. The molecule has 0 aliphatic heterocycles. The summed E-state index contributed by atoms with van der Waals surface area (Å²) in [6.45, 7) is 5.73. The van der Waals surface area contributed by atoms with E-state index in [1.165, 1.54) is 6.07 Å². The van der Waals surface area contributed by atoms with Crippen molar-refractivity contribution in [2.45, 2.75) is 26.8 Å². The number of rotatable bonds is 6. The van der Waals surface area contributed by atoms with Gasteiger partial charge in [-0.1, -0.05) is 18.2 Å². The zero-order chi connectivity index (χ0) is 22.0. The van der Waals surface area contributed by atoms with Crippen LogP contribution in [0.15, 0.2) is 55.0 Å². The summed E-state index contributed by atoms with van der Waals surface area (Å²) in [6, 6.07) is 12.1. The molecule has 0 bridgehead atoms. The predicted molar refractivity (Wildman–Crippen MR) is 117 cm³/mol. The molecule has 0 spiro atoms. The number of imidazole rings is 1. The largest absolute Gasteiger partial charge is 0.479 e. The summed E-state index contributed by atoms with van der Waals surface area (Å²) in [5.74, 6) is 0.802. The van der Waals surface area contributed by atoms with E-state index in [4.69, 9.17) is 4.74 Å². The molecule has 0 amide bonds. The topological polar surface area (TPSA) is 77.8 Å². The van der Waals surface area contributed by atoms with Crippen LogP contribution in [0.5, 0.6) is 5.88 Å². The summed E-state index contributed by atoms with van der Waals surface area (Å²) in [7, 11) is 1.58. The Balaban J connectivity index is 1.60. The average Bonchev–Trinajstić information content (AvgIpc) is 3.21. The molecule has 158 valence electrons. The standard InChI is InChI=1S/C23H23FN6O/c1-14-11-20(28-29-22(14)26-16(3)17-7-5-6-8-18(17)24)19-9-10-21(23(27-19)31-4)30-12-15(2)25-13-30/h5-13,16H,1-4H3,(H,26,29)/t16-/m0/s1. The summed E-state index contributed by atoms with van der Waals surface area (Å²) in [5.41, 5.74) is 4.40. The summed E-state index contributed by atoms with van der Waals surface area (Å²) >= 11 is 0. The van der Waals surface area contributed by atoms with Crippen LogP contribution in [0.1, 0.15) is 29.8 Å². The van der Waals surface area contributed by atoms with Crippen LogP contribution in [0.4, 0.5) is 10.2 Å². The second-order valence-corrected chi connectivity index (χ2v) is 7.30.